The molecule has 0 saturated heterocycles. The summed E-state index contributed by atoms with van der Waals surface area (Å²) >= 11 is 0. The SMILES string of the molecule is Cc1ccc(NC(=O)COc2cccnc2)c(OCC(F)(F)F)c1. The molecule has 5 nitrogen and oxygen atoms in total. The van der Waals surface area contributed by atoms with Crippen LogP contribution in [0.15, 0.2) is 42.7 Å². The highest BCUT2D eigenvalue weighted by molar-refractivity contribution is 5.93. The number of alkyl halides is 3. The number of halogens is 3. The van der Waals surface area contributed by atoms with Crippen LogP contribution in [0, 0.1) is 6.92 Å². The molecule has 0 saturated carbocycles. The summed E-state index contributed by atoms with van der Waals surface area (Å²) in [4.78, 5) is 15.7. The lowest BCUT2D eigenvalue weighted by Gasteiger charge is -2.15. The van der Waals surface area contributed by atoms with Gasteiger partial charge in [0.2, 0.25) is 0 Å². The van der Waals surface area contributed by atoms with Crippen molar-refractivity contribution >= 4 is 11.6 Å². The van der Waals surface area contributed by atoms with Gasteiger partial charge >= 0.3 is 6.18 Å². The maximum Gasteiger partial charge on any atom is 0.422 e. The lowest BCUT2D eigenvalue weighted by atomic mass is 10.2. The van der Waals surface area contributed by atoms with Crippen LogP contribution in [0.1, 0.15) is 5.56 Å². The largest absolute Gasteiger partial charge is 0.482 e. The average Bonchev–Trinajstić information content (AvgIpc) is 2.53. The number of pyridine rings is 1. The highest BCUT2D eigenvalue weighted by Crippen LogP contribution is 2.28. The highest BCUT2D eigenvalue weighted by Gasteiger charge is 2.29. The number of aryl methyl sites for hydroxylation is 1. The van der Waals surface area contributed by atoms with Crippen molar-refractivity contribution in [1.82, 2.24) is 4.98 Å². The molecule has 0 radical (unpaired) electrons. The Morgan fingerprint density at radius 2 is 2.04 bits per heavy atom. The summed E-state index contributed by atoms with van der Waals surface area (Å²) in [5.41, 5.74) is 0.849. The molecule has 0 aliphatic heterocycles. The Hall–Kier alpha value is -2.77. The van der Waals surface area contributed by atoms with E-state index in [4.69, 9.17) is 9.47 Å². The third-order valence-electron chi connectivity index (χ3n) is 2.81. The number of carbonyl (C=O) groups is 1. The number of nitrogens with one attached hydrogen (secondary N) is 1. The van der Waals surface area contributed by atoms with E-state index in [0.29, 0.717) is 11.3 Å². The topological polar surface area (TPSA) is 60.5 Å². The maximum absolute atomic E-state index is 12.3. The van der Waals surface area contributed by atoms with Crippen molar-refractivity contribution in [3.05, 3.63) is 48.3 Å². The van der Waals surface area contributed by atoms with Crippen molar-refractivity contribution in [2.75, 3.05) is 18.5 Å². The Bertz CT molecular complexity index is 691. The van der Waals surface area contributed by atoms with E-state index in [9.17, 15) is 18.0 Å². The molecule has 0 bridgehead atoms. The minimum atomic E-state index is -4.46. The Labute approximate surface area is 136 Å². The van der Waals surface area contributed by atoms with E-state index in [1.54, 1.807) is 31.3 Å². The van der Waals surface area contributed by atoms with Gasteiger partial charge in [0.25, 0.3) is 5.91 Å². The number of aromatic nitrogens is 1. The van der Waals surface area contributed by atoms with Crippen molar-refractivity contribution in [3.63, 3.8) is 0 Å². The third kappa shape index (κ3) is 5.79. The van der Waals surface area contributed by atoms with Gasteiger partial charge in [0.05, 0.1) is 11.9 Å². The number of anilines is 1. The third-order valence-corrected chi connectivity index (χ3v) is 2.81. The first-order valence-corrected chi connectivity index (χ1v) is 6.96. The fourth-order valence-corrected chi connectivity index (χ4v) is 1.78. The summed E-state index contributed by atoms with van der Waals surface area (Å²) in [5, 5.41) is 2.47. The van der Waals surface area contributed by atoms with Gasteiger partial charge in [0.1, 0.15) is 11.5 Å². The molecule has 2 aromatic rings. The van der Waals surface area contributed by atoms with Gasteiger partial charge in [0, 0.05) is 6.20 Å². The first kappa shape index (κ1) is 17.6. The summed E-state index contributed by atoms with van der Waals surface area (Å²) in [6.45, 7) is -0.0403. The molecule has 2 rings (SSSR count). The van der Waals surface area contributed by atoms with Gasteiger partial charge in [-0.05, 0) is 36.8 Å². The molecule has 0 atom stereocenters. The highest BCUT2D eigenvalue weighted by atomic mass is 19.4. The van der Waals surface area contributed by atoms with E-state index in [0.717, 1.165) is 0 Å². The van der Waals surface area contributed by atoms with Crippen LogP contribution < -0.4 is 14.8 Å². The van der Waals surface area contributed by atoms with Gasteiger partial charge in [0.15, 0.2) is 13.2 Å². The van der Waals surface area contributed by atoms with Crippen LogP contribution in [0.4, 0.5) is 18.9 Å². The second kappa shape index (κ2) is 7.67. The van der Waals surface area contributed by atoms with Gasteiger partial charge in [-0.3, -0.25) is 9.78 Å². The Balaban J connectivity index is 1.99. The van der Waals surface area contributed by atoms with Crippen LogP contribution in [-0.2, 0) is 4.79 Å². The van der Waals surface area contributed by atoms with E-state index in [2.05, 4.69) is 10.3 Å². The predicted octanol–water partition coefficient (Wildman–Crippen LogP) is 3.35. The van der Waals surface area contributed by atoms with Crippen LogP contribution in [0.5, 0.6) is 11.5 Å². The average molecular weight is 340 g/mol. The van der Waals surface area contributed by atoms with E-state index in [1.807, 2.05) is 0 Å². The second-order valence-electron chi connectivity index (χ2n) is 4.93. The molecule has 1 aromatic heterocycles. The first-order valence-electron chi connectivity index (χ1n) is 6.96. The lowest BCUT2D eigenvalue weighted by molar-refractivity contribution is -0.153. The number of ether oxygens (including phenoxy) is 2. The molecule has 8 heteroatoms. The molecule has 1 amide bonds. The van der Waals surface area contributed by atoms with Crippen molar-refractivity contribution in [1.29, 1.82) is 0 Å². The number of benzene rings is 1. The minimum Gasteiger partial charge on any atom is -0.482 e. The molecular weight excluding hydrogens is 325 g/mol. The van der Waals surface area contributed by atoms with E-state index < -0.39 is 18.7 Å². The molecule has 1 heterocycles. The normalized spacial score (nSPS) is 11.0. The first-order chi connectivity index (χ1) is 11.3. The van der Waals surface area contributed by atoms with E-state index >= 15 is 0 Å². The van der Waals surface area contributed by atoms with Gasteiger partial charge in [-0.1, -0.05) is 6.07 Å². The molecule has 1 aromatic carbocycles. The fraction of sp³-hybridized carbons (Fsp3) is 0.250. The monoisotopic (exact) mass is 340 g/mol. The summed E-state index contributed by atoms with van der Waals surface area (Å²) in [6.07, 6.45) is -1.46. The summed E-state index contributed by atoms with van der Waals surface area (Å²) in [6, 6.07) is 7.82. The van der Waals surface area contributed by atoms with Crippen LogP contribution in [0.3, 0.4) is 0 Å². The molecule has 24 heavy (non-hydrogen) atoms. The van der Waals surface area contributed by atoms with Crippen LogP contribution in [0.25, 0.3) is 0 Å². The number of nitrogens with zero attached hydrogens (tertiary/aromatic N) is 1. The minimum absolute atomic E-state index is 0.0537. The van der Waals surface area contributed by atoms with E-state index in [1.165, 1.54) is 18.3 Å². The maximum atomic E-state index is 12.3. The molecule has 128 valence electrons. The molecule has 0 spiro atoms. The zero-order chi connectivity index (χ0) is 17.6. The number of rotatable bonds is 6. The Morgan fingerprint density at radius 1 is 1.25 bits per heavy atom. The lowest BCUT2D eigenvalue weighted by Crippen LogP contribution is -2.22. The molecule has 0 aliphatic rings. The summed E-state index contributed by atoms with van der Waals surface area (Å²) in [5.74, 6) is -0.174. The summed E-state index contributed by atoms with van der Waals surface area (Å²) in [7, 11) is 0. The Kier molecular flexibility index (Phi) is 5.62. The quantitative estimate of drug-likeness (QED) is 0.876. The number of hydrogen-bond acceptors (Lipinski definition) is 4. The van der Waals surface area contributed by atoms with Crippen LogP contribution >= 0.6 is 0 Å². The van der Waals surface area contributed by atoms with Gasteiger partial charge in [-0.25, -0.2) is 0 Å². The predicted molar refractivity (Wildman–Crippen MR) is 81.1 cm³/mol. The smallest absolute Gasteiger partial charge is 0.422 e. The number of hydrogen-bond donors (Lipinski definition) is 1. The zero-order valence-electron chi connectivity index (χ0n) is 12.8. The van der Waals surface area contributed by atoms with Gasteiger partial charge in [-0.15, -0.1) is 0 Å². The molecule has 0 aliphatic carbocycles. The molecule has 0 unspecified atom stereocenters. The molecule has 1 N–H and O–H groups in total. The van der Waals surface area contributed by atoms with Crippen LogP contribution in [0.2, 0.25) is 0 Å². The fourth-order valence-electron chi connectivity index (χ4n) is 1.78. The number of amides is 1. The van der Waals surface area contributed by atoms with Gasteiger partial charge < -0.3 is 14.8 Å². The standard InChI is InChI=1S/C16H15F3N2O3/c1-11-4-5-13(14(7-11)24-10-16(17,18)19)21-15(22)9-23-12-3-2-6-20-8-12/h2-8H,9-10H2,1H3,(H,21,22). The van der Waals surface area contributed by atoms with Crippen molar-refractivity contribution in [2.24, 2.45) is 0 Å². The summed E-state index contributed by atoms with van der Waals surface area (Å²) < 4.78 is 46.9. The second-order valence-corrected chi connectivity index (χ2v) is 4.93. The van der Waals surface area contributed by atoms with Crippen LogP contribution in [-0.4, -0.2) is 30.3 Å². The van der Waals surface area contributed by atoms with Crippen molar-refractivity contribution in [3.8, 4) is 11.5 Å². The number of carbonyl (C=O) groups excluding carboxylic acids is 1. The molecular formula is C16H15F3N2O3. The zero-order valence-corrected chi connectivity index (χ0v) is 12.8. The van der Waals surface area contributed by atoms with Crippen molar-refractivity contribution in [2.45, 2.75) is 13.1 Å². The molecule has 0 fully saturated rings. The van der Waals surface area contributed by atoms with E-state index in [-0.39, 0.29) is 18.0 Å². The Morgan fingerprint density at radius 3 is 2.71 bits per heavy atom. The van der Waals surface area contributed by atoms with Gasteiger partial charge in [-0.2, -0.15) is 13.2 Å². The van der Waals surface area contributed by atoms with Crippen molar-refractivity contribution < 1.29 is 27.4 Å².